The van der Waals surface area contributed by atoms with Crippen LogP contribution in [0.5, 0.6) is 5.75 Å². The third-order valence-electron chi connectivity index (χ3n) is 3.29. The van der Waals surface area contributed by atoms with Gasteiger partial charge in [-0.05, 0) is 30.3 Å². The average Bonchev–Trinajstić information content (AvgIpc) is 3.22. The van der Waals surface area contributed by atoms with E-state index in [1.165, 1.54) is 0 Å². The summed E-state index contributed by atoms with van der Waals surface area (Å²) in [5.41, 5.74) is 2.38. The van der Waals surface area contributed by atoms with Crippen molar-refractivity contribution in [2.24, 2.45) is 0 Å². The van der Waals surface area contributed by atoms with Gasteiger partial charge in [0.2, 0.25) is 0 Å². The zero-order valence-electron chi connectivity index (χ0n) is 11.7. The van der Waals surface area contributed by atoms with Crippen LogP contribution in [0.1, 0.15) is 5.69 Å². The molecule has 0 aliphatic rings. The minimum atomic E-state index is 0.418. The Balaban J connectivity index is 1.58. The summed E-state index contributed by atoms with van der Waals surface area (Å²) in [6.07, 6.45) is 3.50. The molecule has 0 fully saturated rings. The molecule has 0 aliphatic heterocycles. The van der Waals surface area contributed by atoms with Crippen molar-refractivity contribution < 1.29 is 9.15 Å². The molecule has 0 atom stereocenters. The summed E-state index contributed by atoms with van der Waals surface area (Å²) in [7, 11) is 0. The molecule has 4 rings (SSSR count). The standard InChI is InChI=1S/C17H13N3O2/c1-2-5-14(6-3-1)22-12-13-8-9-20-17(18-13)11-15(19-20)16-7-4-10-21-16/h1-11H,12H2. The van der Waals surface area contributed by atoms with Gasteiger partial charge in [-0.2, -0.15) is 5.10 Å². The Morgan fingerprint density at radius 2 is 1.95 bits per heavy atom. The van der Waals surface area contributed by atoms with Crippen LogP contribution in [-0.2, 0) is 6.61 Å². The van der Waals surface area contributed by atoms with E-state index < -0.39 is 0 Å². The SMILES string of the molecule is c1ccc(OCc2ccn3nc(-c4ccco4)cc3n2)cc1. The lowest BCUT2D eigenvalue weighted by Gasteiger charge is -2.05. The highest BCUT2D eigenvalue weighted by Crippen LogP contribution is 2.19. The maximum absolute atomic E-state index is 5.71. The fourth-order valence-corrected chi connectivity index (χ4v) is 2.22. The smallest absolute Gasteiger partial charge is 0.156 e. The fraction of sp³-hybridized carbons (Fsp3) is 0.0588. The molecule has 22 heavy (non-hydrogen) atoms. The summed E-state index contributed by atoms with van der Waals surface area (Å²) in [6, 6.07) is 17.2. The first-order valence-electron chi connectivity index (χ1n) is 6.95. The van der Waals surface area contributed by atoms with E-state index in [1.807, 2.05) is 60.8 Å². The largest absolute Gasteiger partial charge is 0.487 e. The van der Waals surface area contributed by atoms with E-state index in [4.69, 9.17) is 9.15 Å². The van der Waals surface area contributed by atoms with E-state index in [1.54, 1.807) is 10.8 Å². The number of nitrogens with zero attached hydrogens (tertiary/aromatic N) is 3. The Morgan fingerprint density at radius 1 is 1.05 bits per heavy atom. The van der Waals surface area contributed by atoms with E-state index in [-0.39, 0.29) is 0 Å². The number of para-hydroxylation sites is 1. The van der Waals surface area contributed by atoms with Crippen molar-refractivity contribution >= 4 is 5.65 Å². The maximum atomic E-state index is 5.71. The van der Waals surface area contributed by atoms with Crippen LogP contribution in [0.4, 0.5) is 0 Å². The van der Waals surface area contributed by atoms with Crippen LogP contribution in [-0.4, -0.2) is 14.6 Å². The minimum Gasteiger partial charge on any atom is -0.487 e. The molecule has 0 aliphatic carbocycles. The number of rotatable bonds is 4. The molecule has 4 aromatic rings. The Hall–Kier alpha value is -3.08. The van der Waals surface area contributed by atoms with Crippen molar-refractivity contribution in [2.45, 2.75) is 6.61 Å². The van der Waals surface area contributed by atoms with Gasteiger partial charge in [-0.15, -0.1) is 0 Å². The highest BCUT2D eigenvalue weighted by atomic mass is 16.5. The lowest BCUT2D eigenvalue weighted by Crippen LogP contribution is -2.00. The Morgan fingerprint density at radius 3 is 2.77 bits per heavy atom. The molecule has 0 saturated heterocycles. The molecular formula is C17H13N3O2. The van der Waals surface area contributed by atoms with Gasteiger partial charge < -0.3 is 9.15 Å². The van der Waals surface area contributed by atoms with Crippen molar-refractivity contribution in [3.8, 4) is 17.2 Å². The number of ether oxygens (including phenoxy) is 1. The van der Waals surface area contributed by atoms with Crippen LogP contribution in [0, 0.1) is 0 Å². The van der Waals surface area contributed by atoms with Crippen LogP contribution in [0.15, 0.2) is 71.5 Å². The molecule has 0 spiro atoms. The van der Waals surface area contributed by atoms with Gasteiger partial charge >= 0.3 is 0 Å². The molecule has 0 bridgehead atoms. The molecule has 1 aromatic carbocycles. The van der Waals surface area contributed by atoms with Crippen molar-refractivity contribution in [2.75, 3.05) is 0 Å². The van der Waals surface area contributed by atoms with Gasteiger partial charge in [-0.1, -0.05) is 18.2 Å². The topological polar surface area (TPSA) is 52.6 Å². The van der Waals surface area contributed by atoms with E-state index in [2.05, 4.69) is 10.1 Å². The molecule has 0 unspecified atom stereocenters. The summed E-state index contributed by atoms with van der Waals surface area (Å²) >= 11 is 0. The Labute approximate surface area is 126 Å². The second-order valence-electron chi connectivity index (χ2n) is 4.83. The van der Waals surface area contributed by atoms with Crippen LogP contribution in [0.25, 0.3) is 17.1 Å². The third-order valence-corrected chi connectivity index (χ3v) is 3.29. The molecule has 5 heteroatoms. The van der Waals surface area contributed by atoms with Crippen molar-refractivity contribution in [1.29, 1.82) is 0 Å². The van der Waals surface area contributed by atoms with Crippen molar-refractivity contribution in [3.63, 3.8) is 0 Å². The van der Waals surface area contributed by atoms with Crippen molar-refractivity contribution in [1.82, 2.24) is 14.6 Å². The number of fused-ring (bicyclic) bond motifs is 1. The van der Waals surface area contributed by atoms with Crippen LogP contribution < -0.4 is 4.74 Å². The Kier molecular flexibility index (Phi) is 3.08. The zero-order chi connectivity index (χ0) is 14.8. The normalized spacial score (nSPS) is 10.9. The molecule has 3 aromatic heterocycles. The van der Waals surface area contributed by atoms with E-state index in [0.717, 1.165) is 28.5 Å². The monoisotopic (exact) mass is 291 g/mol. The zero-order valence-corrected chi connectivity index (χ0v) is 11.7. The average molecular weight is 291 g/mol. The minimum absolute atomic E-state index is 0.418. The predicted octanol–water partition coefficient (Wildman–Crippen LogP) is 3.57. The summed E-state index contributed by atoms with van der Waals surface area (Å²) in [6.45, 7) is 0.418. The number of furan rings is 1. The van der Waals surface area contributed by atoms with Crippen LogP contribution in [0.2, 0.25) is 0 Å². The van der Waals surface area contributed by atoms with Crippen LogP contribution in [0.3, 0.4) is 0 Å². The van der Waals surface area contributed by atoms with E-state index in [0.29, 0.717) is 6.61 Å². The van der Waals surface area contributed by atoms with Crippen molar-refractivity contribution in [3.05, 3.63) is 72.8 Å². The summed E-state index contributed by atoms with van der Waals surface area (Å²) in [5.74, 6) is 1.56. The van der Waals surface area contributed by atoms with Gasteiger partial charge in [0.15, 0.2) is 11.4 Å². The maximum Gasteiger partial charge on any atom is 0.156 e. The number of benzene rings is 1. The van der Waals surface area contributed by atoms with Gasteiger partial charge in [0.05, 0.1) is 12.0 Å². The van der Waals surface area contributed by atoms with Gasteiger partial charge in [-0.3, -0.25) is 0 Å². The third kappa shape index (κ3) is 2.44. The first-order valence-corrected chi connectivity index (χ1v) is 6.95. The molecular weight excluding hydrogens is 278 g/mol. The quantitative estimate of drug-likeness (QED) is 0.577. The van der Waals surface area contributed by atoms with Gasteiger partial charge in [0, 0.05) is 12.3 Å². The number of hydrogen-bond donors (Lipinski definition) is 0. The van der Waals surface area contributed by atoms with Gasteiger partial charge in [0.1, 0.15) is 18.1 Å². The number of aromatic nitrogens is 3. The number of hydrogen-bond acceptors (Lipinski definition) is 4. The highest BCUT2D eigenvalue weighted by Gasteiger charge is 2.08. The Bertz CT molecular complexity index is 883. The molecule has 0 amide bonds. The molecule has 5 nitrogen and oxygen atoms in total. The second-order valence-corrected chi connectivity index (χ2v) is 4.83. The molecule has 108 valence electrons. The molecule has 0 N–H and O–H groups in total. The first-order chi connectivity index (χ1) is 10.9. The predicted molar refractivity (Wildman–Crippen MR) is 81.5 cm³/mol. The fourth-order valence-electron chi connectivity index (χ4n) is 2.22. The summed E-state index contributed by atoms with van der Waals surface area (Å²) in [5, 5.41) is 4.43. The summed E-state index contributed by atoms with van der Waals surface area (Å²) < 4.78 is 12.8. The molecule has 0 radical (unpaired) electrons. The molecule has 3 heterocycles. The van der Waals surface area contributed by atoms with E-state index in [9.17, 15) is 0 Å². The summed E-state index contributed by atoms with van der Waals surface area (Å²) in [4.78, 5) is 4.55. The first kappa shape index (κ1) is 12.6. The van der Waals surface area contributed by atoms with Gasteiger partial charge in [-0.25, -0.2) is 9.50 Å². The van der Waals surface area contributed by atoms with Gasteiger partial charge in [0.25, 0.3) is 0 Å². The highest BCUT2D eigenvalue weighted by molar-refractivity contribution is 5.58. The second kappa shape index (κ2) is 5.37. The lowest BCUT2D eigenvalue weighted by atomic mass is 10.3. The lowest BCUT2D eigenvalue weighted by molar-refractivity contribution is 0.301. The van der Waals surface area contributed by atoms with Crippen LogP contribution >= 0.6 is 0 Å². The van der Waals surface area contributed by atoms with E-state index >= 15 is 0 Å². The molecule has 0 saturated carbocycles.